The van der Waals surface area contributed by atoms with Gasteiger partial charge in [-0.15, -0.1) is 0 Å². The topological polar surface area (TPSA) is 52.3 Å². The fourth-order valence-corrected chi connectivity index (χ4v) is 2.18. The lowest BCUT2D eigenvalue weighted by Gasteiger charge is -2.35. The molecule has 3 heteroatoms. The van der Waals surface area contributed by atoms with Gasteiger partial charge in [-0.2, -0.15) is 0 Å². The zero-order chi connectivity index (χ0) is 10.6. The van der Waals surface area contributed by atoms with E-state index in [4.69, 9.17) is 10.5 Å². The highest BCUT2D eigenvalue weighted by atomic mass is 16.5. The quantitative estimate of drug-likeness (QED) is 0.746. The summed E-state index contributed by atoms with van der Waals surface area (Å²) in [4.78, 5) is 11.8. The van der Waals surface area contributed by atoms with E-state index < -0.39 is 5.54 Å². The molecule has 0 aromatic heterocycles. The van der Waals surface area contributed by atoms with E-state index in [1.807, 2.05) is 6.92 Å². The van der Waals surface area contributed by atoms with E-state index in [9.17, 15) is 4.79 Å². The second-order valence-corrected chi connectivity index (χ2v) is 4.42. The standard InChI is InChI=1S/C11H21NO2/c1-3-14-8-10(13)11(12)6-4-5-9(2)7-11/h9H,3-8,12H2,1-2H3. The summed E-state index contributed by atoms with van der Waals surface area (Å²) in [6, 6.07) is 0. The maximum absolute atomic E-state index is 11.8. The highest BCUT2D eigenvalue weighted by molar-refractivity contribution is 5.89. The van der Waals surface area contributed by atoms with Crippen LogP contribution in [0.25, 0.3) is 0 Å². The summed E-state index contributed by atoms with van der Waals surface area (Å²) in [5.74, 6) is 0.644. The van der Waals surface area contributed by atoms with Crippen LogP contribution >= 0.6 is 0 Å². The van der Waals surface area contributed by atoms with Gasteiger partial charge in [0.2, 0.25) is 0 Å². The fourth-order valence-electron chi connectivity index (χ4n) is 2.18. The van der Waals surface area contributed by atoms with Crippen molar-refractivity contribution in [1.82, 2.24) is 0 Å². The van der Waals surface area contributed by atoms with Crippen LogP contribution in [0.2, 0.25) is 0 Å². The van der Waals surface area contributed by atoms with Crippen molar-refractivity contribution in [2.24, 2.45) is 11.7 Å². The second-order valence-electron chi connectivity index (χ2n) is 4.42. The molecular formula is C11H21NO2. The minimum absolute atomic E-state index is 0.0749. The van der Waals surface area contributed by atoms with Gasteiger partial charge in [0.15, 0.2) is 5.78 Å². The number of hydrogen-bond acceptors (Lipinski definition) is 3. The number of carbonyl (C=O) groups excluding carboxylic acids is 1. The number of rotatable bonds is 4. The maximum atomic E-state index is 11.8. The molecule has 0 aliphatic heterocycles. The Balaban J connectivity index is 2.50. The minimum Gasteiger partial charge on any atom is -0.374 e. The molecule has 82 valence electrons. The minimum atomic E-state index is -0.604. The first-order chi connectivity index (χ1) is 6.58. The summed E-state index contributed by atoms with van der Waals surface area (Å²) in [6.07, 6.45) is 3.90. The molecule has 1 rings (SSSR count). The van der Waals surface area contributed by atoms with Crippen molar-refractivity contribution in [3.05, 3.63) is 0 Å². The van der Waals surface area contributed by atoms with Crippen molar-refractivity contribution in [1.29, 1.82) is 0 Å². The number of nitrogens with two attached hydrogens (primary N) is 1. The normalized spacial score (nSPS) is 32.9. The van der Waals surface area contributed by atoms with Crippen LogP contribution in [0.4, 0.5) is 0 Å². The molecule has 2 unspecified atom stereocenters. The molecule has 0 heterocycles. The summed E-state index contributed by atoms with van der Waals surface area (Å²) in [5.41, 5.74) is 5.50. The summed E-state index contributed by atoms with van der Waals surface area (Å²) in [5, 5.41) is 0. The smallest absolute Gasteiger partial charge is 0.178 e. The Morgan fingerprint density at radius 1 is 1.64 bits per heavy atom. The van der Waals surface area contributed by atoms with Crippen LogP contribution in [0, 0.1) is 5.92 Å². The number of Topliss-reactive ketones (excluding diaryl/α,β-unsaturated/α-hetero) is 1. The largest absolute Gasteiger partial charge is 0.374 e. The zero-order valence-corrected chi connectivity index (χ0v) is 9.21. The van der Waals surface area contributed by atoms with Crippen LogP contribution in [-0.4, -0.2) is 24.5 Å². The van der Waals surface area contributed by atoms with Crippen LogP contribution in [0.1, 0.15) is 39.5 Å². The Labute approximate surface area is 86.0 Å². The predicted molar refractivity (Wildman–Crippen MR) is 56.1 cm³/mol. The maximum Gasteiger partial charge on any atom is 0.178 e. The van der Waals surface area contributed by atoms with Crippen molar-refractivity contribution in [2.45, 2.75) is 45.1 Å². The third-order valence-corrected chi connectivity index (χ3v) is 3.03. The van der Waals surface area contributed by atoms with E-state index in [0.29, 0.717) is 12.5 Å². The monoisotopic (exact) mass is 199 g/mol. The van der Waals surface area contributed by atoms with E-state index in [1.165, 1.54) is 6.42 Å². The van der Waals surface area contributed by atoms with Crippen molar-refractivity contribution in [2.75, 3.05) is 13.2 Å². The van der Waals surface area contributed by atoms with Crippen LogP contribution < -0.4 is 5.73 Å². The molecule has 1 fully saturated rings. The summed E-state index contributed by atoms with van der Waals surface area (Å²) in [6.45, 7) is 4.81. The van der Waals surface area contributed by atoms with Crippen LogP contribution in [0.3, 0.4) is 0 Å². The van der Waals surface area contributed by atoms with Crippen LogP contribution in [0.5, 0.6) is 0 Å². The van der Waals surface area contributed by atoms with Gasteiger partial charge in [-0.05, 0) is 25.7 Å². The highest BCUT2D eigenvalue weighted by Gasteiger charge is 2.37. The average molecular weight is 199 g/mol. The van der Waals surface area contributed by atoms with Gasteiger partial charge in [-0.3, -0.25) is 4.79 Å². The van der Waals surface area contributed by atoms with E-state index >= 15 is 0 Å². The third kappa shape index (κ3) is 2.79. The van der Waals surface area contributed by atoms with Gasteiger partial charge in [-0.25, -0.2) is 0 Å². The van der Waals surface area contributed by atoms with Crippen molar-refractivity contribution in [3.63, 3.8) is 0 Å². The Hall–Kier alpha value is -0.410. The molecule has 2 N–H and O–H groups in total. The lowest BCUT2D eigenvalue weighted by Crippen LogP contribution is -2.52. The molecule has 0 radical (unpaired) electrons. The molecule has 0 saturated heterocycles. The van der Waals surface area contributed by atoms with Crippen molar-refractivity contribution < 1.29 is 9.53 Å². The Morgan fingerprint density at radius 2 is 2.36 bits per heavy atom. The molecular weight excluding hydrogens is 178 g/mol. The van der Waals surface area contributed by atoms with Crippen molar-refractivity contribution in [3.8, 4) is 0 Å². The van der Waals surface area contributed by atoms with Gasteiger partial charge in [0.25, 0.3) is 0 Å². The highest BCUT2D eigenvalue weighted by Crippen LogP contribution is 2.30. The molecule has 3 nitrogen and oxygen atoms in total. The Kier molecular flexibility index (Phi) is 4.08. The molecule has 1 aliphatic rings. The van der Waals surface area contributed by atoms with Gasteiger partial charge in [0.1, 0.15) is 6.61 Å². The van der Waals surface area contributed by atoms with E-state index in [2.05, 4.69) is 6.92 Å². The summed E-state index contributed by atoms with van der Waals surface area (Å²) in [7, 11) is 0. The summed E-state index contributed by atoms with van der Waals surface area (Å²) < 4.78 is 5.12. The lowest BCUT2D eigenvalue weighted by atomic mass is 9.75. The molecule has 0 aromatic carbocycles. The van der Waals surface area contributed by atoms with Gasteiger partial charge in [-0.1, -0.05) is 19.8 Å². The SMILES string of the molecule is CCOCC(=O)C1(N)CCCC(C)C1. The molecule has 14 heavy (non-hydrogen) atoms. The van der Waals surface area contributed by atoms with E-state index in [1.54, 1.807) is 0 Å². The first-order valence-corrected chi connectivity index (χ1v) is 5.48. The summed E-state index contributed by atoms with van der Waals surface area (Å²) >= 11 is 0. The van der Waals surface area contributed by atoms with Crippen LogP contribution in [0.15, 0.2) is 0 Å². The number of ether oxygens (including phenoxy) is 1. The van der Waals surface area contributed by atoms with Crippen LogP contribution in [-0.2, 0) is 9.53 Å². The molecule has 0 bridgehead atoms. The Morgan fingerprint density at radius 3 is 2.93 bits per heavy atom. The number of ketones is 1. The van der Waals surface area contributed by atoms with Gasteiger partial charge in [0.05, 0.1) is 5.54 Å². The number of carbonyl (C=O) groups is 1. The lowest BCUT2D eigenvalue weighted by molar-refractivity contribution is -0.130. The molecule has 1 saturated carbocycles. The zero-order valence-electron chi connectivity index (χ0n) is 9.21. The van der Waals surface area contributed by atoms with Crippen molar-refractivity contribution >= 4 is 5.78 Å². The predicted octanol–water partition coefficient (Wildman–Crippen LogP) is 1.50. The van der Waals surface area contributed by atoms with E-state index in [0.717, 1.165) is 19.3 Å². The molecule has 0 spiro atoms. The average Bonchev–Trinajstić information content (AvgIpc) is 2.13. The molecule has 2 atom stereocenters. The Bertz CT molecular complexity index is 205. The number of hydrogen-bond donors (Lipinski definition) is 1. The first kappa shape index (κ1) is 11.7. The second kappa shape index (κ2) is 4.89. The fraction of sp³-hybridized carbons (Fsp3) is 0.909. The van der Waals surface area contributed by atoms with E-state index in [-0.39, 0.29) is 12.4 Å². The van der Waals surface area contributed by atoms with Gasteiger partial charge in [0, 0.05) is 6.61 Å². The third-order valence-electron chi connectivity index (χ3n) is 3.03. The molecule has 0 aromatic rings. The molecule has 0 amide bonds. The molecule has 1 aliphatic carbocycles. The first-order valence-electron chi connectivity index (χ1n) is 5.48. The van der Waals surface area contributed by atoms with Gasteiger partial charge < -0.3 is 10.5 Å². The van der Waals surface area contributed by atoms with Gasteiger partial charge >= 0.3 is 0 Å².